The van der Waals surface area contributed by atoms with Gasteiger partial charge in [0.05, 0.1) is 0 Å². The number of nitrogens with two attached hydrogens (primary N) is 1. The topological polar surface area (TPSA) is 29.3 Å². The van der Waals surface area contributed by atoms with Crippen LogP contribution in [0, 0.1) is 0 Å². The maximum Gasteiger partial charge on any atom is 0.0102 e. The molecule has 0 bridgehead atoms. The molecule has 0 aromatic rings. The third-order valence-electron chi connectivity index (χ3n) is 2.37. The number of hydrogen-bond donors (Lipinski definition) is 1. The molecule has 2 N–H and O–H groups in total. The quantitative estimate of drug-likeness (QED) is 0.640. The zero-order valence-corrected chi connectivity index (χ0v) is 10.9. The summed E-state index contributed by atoms with van der Waals surface area (Å²) in [6, 6.07) is 0. The first-order valence-electron chi connectivity index (χ1n) is 6.11. The Hall–Kier alpha value is -0.860. The molecule has 0 amide bonds. The van der Waals surface area contributed by atoms with Gasteiger partial charge in [0.15, 0.2) is 0 Å². The summed E-state index contributed by atoms with van der Waals surface area (Å²) >= 11 is 0. The number of rotatable bonds is 8. The summed E-state index contributed by atoms with van der Waals surface area (Å²) in [6.45, 7) is 6.98. The zero-order valence-electron chi connectivity index (χ0n) is 10.9. The van der Waals surface area contributed by atoms with E-state index in [2.05, 4.69) is 43.2 Å². The highest BCUT2D eigenvalue weighted by atomic mass is 15.1. The average molecular weight is 222 g/mol. The van der Waals surface area contributed by atoms with Gasteiger partial charge >= 0.3 is 0 Å². The van der Waals surface area contributed by atoms with Crippen LogP contribution in [0.1, 0.15) is 26.7 Å². The molecule has 0 aromatic carbocycles. The first kappa shape index (κ1) is 15.1. The van der Waals surface area contributed by atoms with Gasteiger partial charge in [-0.1, -0.05) is 42.9 Å². The molecule has 0 radical (unpaired) electrons. The second-order valence-corrected chi connectivity index (χ2v) is 3.91. The van der Waals surface area contributed by atoms with Crippen LogP contribution in [0.4, 0.5) is 0 Å². The highest BCUT2D eigenvalue weighted by molar-refractivity contribution is 5.22. The smallest absolute Gasteiger partial charge is 0.0102 e. The molecule has 0 aromatic heterocycles. The molecule has 0 aliphatic carbocycles. The lowest BCUT2D eigenvalue weighted by atomic mass is 10.1. The third-order valence-corrected chi connectivity index (χ3v) is 2.37. The minimum absolute atomic E-state index is 0.734. The maximum atomic E-state index is 5.51. The molecule has 0 saturated carbocycles. The van der Waals surface area contributed by atoms with Crippen LogP contribution in [0.5, 0.6) is 0 Å². The van der Waals surface area contributed by atoms with E-state index in [0.29, 0.717) is 0 Å². The fourth-order valence-corrected chi connectivity index (χ4v) is 1.46. The molecule has 0 heterocycles. The molecule has 92 valence electrons. The number of allylic oxidation sites excluding steroid dienone is 5. The summed E-state index contributed by atoms with van der Waals surface area (Å²) in [4.78, 5) is 2.27. The van der Waals surface area contributed by atoms with Crippen molar-refractivity contribution in [2.24, 2.45) is 5.73 Å². The van der Waals surface area contributed by atoms with Crippen molar-refractivity contribution in [3.05, 3.63) is 36.0 Å². The molecule has 0 aliphatic rings. The summed E-state index contributed by atoms with van der Waals surface area (Å²) in [5, 5.41) is 0. The van der Waals surface area contributed by atoms with Gasteiger partial charge in [-0.15, -0.1) is 0 Å². The van der Waals surface area contributed by atoms with Gasteiger partial charge in [-0.2, -0.15) is 0 Å². The fraction of sp³-hybridized carbons (Fsp3) is 0.571. The van der Waals surface area contributed by atoms with Crippen LogP contribution in [0.25, 0.3) is 0 Å². The first-order chi connectivity index (χ1) is 7.74. The van der Waals surface area contributed by atoms with Crippen molar-refractivity contribution in [2.45, 2.75) is 26.7 Å². The largest absolute Gasteiger partial charge is 0.329 e. The van der Waals surface area contributed by atoms with Gasteiger partial charge in [-0.05, 0) is 26.8 Å². The van der Waals surface area contributed by atoms with E-state index in [-0.39, 0.29) is 0 Å². The van der Waals surface area contributed by atoms with Gasteiger partial charge in [-0.3, -0.25) is 0 Å². The van der Waals surface area contributed by atoms with Gasteiger partial charge < -0.3 is 10.6 Å². The van der Waals surface area contributed by atoms with Crippen LogP contribution in [0.3, 0.4) is 0 Å². The Kier molecular flexibility index (Phi) is 10.1. The number of likely N-dealkylation sites (N-methyl/N-ethyl adjacent to an activating group) is 1. The van der Waals surface area contributed by atoms with E-state index in [1.54, 1.807) is 0 Å². The molecule has 0 saturated heterocycles. The molecule has 0 atom stereocenters. The molecule has 2 heteroatoms. The van der Waals surface area contributed by atoms with Crippen LogP contribution in [-0.4, -0.2) is 31.6 Å². The first-order valence-corrected chi connectivity index (χ1v) is 6.11. The van der Waals surface area contributed by atoms with Crippen molar-refractivity contribution in [3.63, 3.8) is 0 Å². The van der Waals surface area contributed by atoms with Gasteiger partial charge in [0.2, 0.25) is 0 Å². The summed E-state index contributed by atoms with van der Waals surface area (Å²) in [6.07, 6.45) is 12.9. The highest BCUT2D eigenvalue weighted by Crippen LogP contribution is 2.06. The van der Waals surface area contributed by atoms with Gasteiger partial charge in [-0.25, -0.2) is 0 Å². The number of hydrogen-bond acceptors (Lipinski definition) is 2. The van der Waals surface area contributed by atoms with E-state index < -0.39 is 0 Å². The minimum Gasteiger partial charge on any atom is -0.329 e. The highest BCUT2D eigenvalue weighted by Gasteiger charge is 1.97. The Morgan fingerprint density at radius 1 is 1.25 bits per heavy atom. The monoisotopic (exact) mass is 222 g/mol. The van der Waals surface area contributed by atoms with Gasteiger partial charge in [0.25, 0.3) is 0 Å². The second-order valence-electron chi connectivity index (χ2n) is 3.91. The molecular weight excluding hydrogens is 196 g/mol. The molecule has 2 nitrogen and oxygen atoms in total. The van der Waals surface area contributed by atoms with E-state index in [4.69, 9.17) is 5.73 Å². The van der Waals surface area contributed by atoms with Gasteiger partial charge in [0, 0.05) is 19.6 Å². The van der Waals surface area contributed by atoms with E-state index in [0.717, 1.165) is 32.5 Å². The van der Waals surface area contributed by atoms with E-state index >= 15 is 0 Å². The van der Waals surface area contributed by atoms with Crippen molar-refractivity contribution in [1.29, 1.82) is 0 Å². The van der Waals surface area contributed by atoms with Crippen LogP contribution < -0.4 is 5.73 Å². The van der Waals surface area contributed by atoms with Crippen LogP contribution >= 0.6 is 0 Å². The molecule has 0 rings (SSSR count). The average Bonchev–Trinajstić information content (AvgIpc) is 2.26. The minimum atomic E-state index is 0.734. The molecular formula is C14H26N2. The fourth-order valence-electron chi connectivity index (χ4n) is 1.46. The third kappa shape index (κ3) is 8.45. The predicted molar refractivity (Wildman–Crippen MR) is 73.5 cm³/mol. The van der Waals surface area contributed by atoms with Crippen LogP contribution in [0.15, 0.2) is 36.0 Å². The van der Waals surface area contributed by atoms with E-state index in [1.807, 2.05) is 13.0 Å². The lowest BCUT2D eigenvalue weighted by Gasteiger charge is -2.15. The SMILES string of the molecule is C\C=C/C=C\C(=C/CC)CCN(C)CCN. The van der Waals surface area contributed by atoms with E-state index in [1.165, 1.54) is 5.57 Å². The van der Waals surface area contributed by atoms with Crippen LogP contribution in [-0.2, 0) is 0 Å². The summed E-state index contributed by atoms with van der Waals surface area (Å²) in [5.41, 5.74) is 6.92. The Labute approximate surface area is 101 Å². The Morgan fingerprint density at radius 3 is 2.56 bits per heavy atom. The van der Waals surface area contributed by atoms with E-state index in [9.17, 15) is 0 Å². The normalized spacial score (nSPS) is 13.4. The molecule has 16 heavy (non-hydrogen) atoms. The van der Waals surface area contributed by atoms with Gasteiger partial charge in [0.1, 0.15) is 0 Å². The summed E-state index contributed by atoms with van der Waals surface area (Å²) in [5.74, 6) is 0. The summed E-state index contributed by atoms with van der Waals surface area (Å²) in [7, 11) is 2.12. The predicted octanol–water partition coefficient (Wildman–Crippen LogP) is 2.74. The van der Waals surface area contributed by atoms with Crippen molar-refractivity contribution in [3.8, 4) is 0 Å². The zero-order chi connectivity index (χ0) is 12.2. The van der Waals surface area contributed by atoms with Crippen molar-refractivity contribution >= 4 is 0 Å². The summed E-state index contributed by atoms with van der Waals surface area (Å²) < 4.78 is 0. The Morgan fingerprint density at radius 2 is 2.00 bits per heavy atom. The van der Waals surface area contributed by atoms with Crippen molar-refractivity contribution < 1.29 is 0 Å². The molecule has 0 unspecified atom stereocenters. The lowest BCUT2D eigenvalue weighted by molar-refractivity contribution is 0.348. The van der Waals surface area contributed by atoms with Crippen LogP contribution in [0.2, 0.25) is 0 Å². The van der Waals surface area contributed by atoms with Crippen molar-refractivity contribution in [1.82, 2.24) is 4.90 Å². The molecule has 0 fully saturated rings. The Balaban J connectivity index is 4.09. The second kappa shape index (κ2) is 10.7. The number of nitrogens with zero attached hydrogens (tertiary/aromatic N) is 1. The Bertz CT molecular complexity index is 239. The standard InChI is InChI=1S/C14H26N2/c1-4-6-7-9-14(8-5-2)10-12-16(3)13-11-15/h4,6-9H,5,10-13,15H2,1-3H3/b6-4-,9-7-,14-8+. The molecule has 0 aliphatic heterocycles. The molecule has 0 spiro atoms. The van der Waals surface area contributed by atoms with Crippen molar-refractivity contribution in [2.75, 3.05) is 26.7 Å². The maximum absolute atomic E-state index is 5.51. The lowest BCUT2D eigenvalue weighted by Crippen LogP contribution is -2.26.